The number of halogens is 1. The Bertz CT molecular complexity index is 671. The fourth-order valence-corrected chi connectivity index (χ4v) is 2.91. The fraction of sp³-hybridized carbons (Fsp3) is 0.235. The molecule has 1 atom stereocenters. The van der Waals surface area contributed by atoms with Crippen molar-refractivity contribution >= 4 is 23.2 Å². The van der Waals surface area contributed by atoms with Gasteiger partial charge in [0.25, 0.3) is 0 Å². The molecule has 1 amide bonds. The van der Waals surface area contributed by atoms with Crippen LogP contribution in [0.4, 0.5) is 5.69 Å². The molecule has 1 aliphatic heterocycles. The maximum atomic E-state index is 12.5. The fourth-order valence-electron chi connectivity index (χ4n) is 2.73. The summed E-state index contributed by atoms with van der Waals surface area (Å²) in [6, 6.07) is 15.4. The van der Waals surface area contributed by atoms with E-state index < -0.39 is 0 Å². The van der Waals surface area contributed by atoms with Gasteiger partial charge in [-0.2, -0.15) is 0 Å². The van der Waals surface area contributed by atoms with Gasteiger partial charge in [0.05, 0.1) is 16.8 Å². The molecule has 0 radical (unpaired) electrons. The lowest BCUT2D eigenvalue weighted by Gasteiger charge is -2.33. The summed E-state index contributed by atoms with van der Waals surface area (Å²) in [5.41, 5.74) is 3.20. The molecule has 1 N–H and O–H groups in total. The molecule has 2 aromatic rings. The number of nitrogens with zero attached hydrogens (tertiary/aromatic N) is 1. The SMILES string of the molecule is CN1Cc2ccccc2CC1C(=O)Nc1ccccc1Cl. The van der Waals surface area contributed by atoms with E-state index in [1.807, 2.05) is 37.4 Å². The van der Waals surface area contributed by atoms with E-state index in [-0.39, 0.29) is 11.9 Å². The highest BCUT2D eigenvalue weighted by atomic mass is 35.5. The van der Waals surface area contributed by atoms with E-state index in [4.69, 9.17) is 11.6 Å². The summed E-state index contributed by atoms with van der Waals surface area (Å²) >= 11 is 6.10. The van der Waals surface area contributed by atoms with Gasteiger partial charge < -0.3 is 5.32 Å². The first kappa shape index (κ1) is 14.1. The first-order valence-corrected chi connectivity index (χ1v) is 7.35. The second-order valence-electron chi connectivity index (χ2n) is 5.37. The maximum Gasteiger partial charge on any atom is 0.242 e. The van der Waals surface area contributed by atoms with Crippen molar-refractivity contribution in [1.82, 2.24) is 4.90 Å². The third-order valence-electron chi connectivity index (χ3n) is 3.92. The van der Waals surface area contributed by atoms with Crippen LogP contribution >= 0.6 is 11.6 Å². The van der Waals surface area contributed by atoms with Gasteiger partial charge in [0.15, 0.2) is 0 Å². The van der Waals surface area contributed by atoms with Crippen LogP contribution in [0.2, 0.25) is 5.02 Å². The number of anilines is 1. The lowest BCUT2D eigenvalue weighted by molar-refractivity contribution is -0.121. The van der Waals surface area contributed by atoms with Crippen LogP contribution in [0.5, 0.6) is 0 Å². The Hall–Kier alpha value is -1.84. The Kier molecular flexibility index (Phi) is 3.95. The average molecular weight is 301 g/mol. The topological polar surface area (TPSA) is 32.3 Å². The van der Waals surface area contributed by atoms with E-state index in [2.05, 4.69) is 22.3 Å². The van der Waals surface area contributed by atoms with Gasteiger partial charge in [-0.1, -0.05) is 48.0 Å². The van der Waals surface area contributed by atoms with E-state index >= 15 is 0 Å². The van der Waals surface area contributed by atoms with Crippen molar-refractivity contribution in [3.8, 4) is 0 Å². The molecule has 3 rings (SSSR count). The molecule has 21 heavy (non-hydrogen) atoms. The normalized spacial score (nSPS) is 18.1. The number of benzene rings is 2. The van der Waals surface area contributed by atoms with Crippen LogP contribution in [-0.2, 0) is 17.8 Å². The van der Waals surface area contributed by atoms with E-state index in [9.17, 15) is 4.79 Å². The first-order chi connectivity index (χ1) is 10.1. The van der Waals surface area contributed by atoms with Crippen molar-refractivity contribution in [3.05, 3.63) is 64.7 Å². The van der Waals surface area contributed by atoms with Gasteiger partial charge in [-0.05, 0) is 36.7 Å². The summed E-state index contributed by atoms with van der Waals surface area (Å²) in [6.07, 6.45) is 0.725. The molecule has 3 nitrogen and oxygen atoms in total. The van der Waals surface area contributed by atoms with Gasteiger partial charge in [0.1, 0.15) is 0 Å². The number of hydrogen-bond donors (Lipinski definition) is 1. The number of nitrogens with one attached hydrogen (secondary N) is 1. The van der Waals surface area contributed by atoms with Crippen molar-refractivity contribution in [3.63, 3.8) is 0 Å². The largest absolute Gasteiger partial charge is 0.323 e. The number of amides is 1. The third-order valence-corrected chi connectivity index (χ3v) is 4.25. The van der Waals surface area contributed by atoms with Gasteiger partial charge in [-0.25, -0.2) is 0 Å². The average Bonchev–Trinajstić information content (AvgIpc) is 2.49. The molecular formula is C17H17ClN2O. The van der Waals surface area contributed by atoms with Gasteiger partial charge in [-0.3, -0.25) is 9.69 Å². The molecule has 4 heteroatoms. The molecule has 2 aromatic carbocycles. The molecule has 0 aromatic heterocycles. The highest BCUT2D eigenvalue weighted by Gasteiger charge is 2.29. The standard InChI is InChI=1S/C17H17ClN2O/c1-20-11-13-7-3-2-6-12(13)10-16(20)17(21)19-15-9-5-4-8-14(15)18/h2-9,16H,10-11H2,1H3,(H,19,21). The molecule has 1 aliphatic rings. The Morgan fingerprint density at radius 1 is 1.14 bits per heavy atom. The van der Waals surface area contributed by atoms with Crippen LogP contribution in [0, 0.1) is 0 Å². The quantitative estimate of drug-likeness (QED) is 0.922. The Labute approximate surface area is 129 Å². The van der Waals surface area contributed by atoms with Crippen LogP contribution in [0.3, 0.4) is 0 Å². The second kappa shape index (κ2) is 5.88. The van der Waals surface area contributed by atoms with E-state index in [1.54, 1.807) is 6.07 Å². The van der Waals surface area contributed by atoms with Gasteiger partial charge in [0.2, 0.25) is 5.91 Å². The number of rotatable bonds is 2. The molecule has 0 spiro atoms. The summed E-state index contributed by atoms with van der Waals surface area (Å²) < 4.78 is 0. The number of likely N-dealkylation sites (N-methyl/N-ethyl adjacent to an activating group) is 1. The maximum absolute atomic E-state index is 12.5. The molecule has 0 saturated heterocycles. The Morgan fingerprint density at radius 3 is 2.57 bits per heavy atom. The van der Waals surface area contributed by atoms with Crippen LogP contribution < -0.4 is 5.32 Å². The van der Waals surface area contributed by atoms with Crippen LogP contribution in [0.15, 0.2) is 48.5 Å². The Morgan fingerprint density at radius 2 is 1.81 bits per heavy atom. The van der Waals surface area contributed by atoms with Crippen molar-refractivity contribution in [1.29, 1.82) is 0 Å². The minimum Gasteiger partial charge on any atom is -0.323 e. The number of hydrogen-bond acceptors (Lipinski definition) is 2. The number of fused-ring (bicyclic) bond motifs is 1. The highest BCUT2D eigenvalue weighted by molar-refractivity contribution is 6.33. The van der Waals surface area contributed by atoms with Gasteiger partial charge >= 0.3 is 0 Å². The molecular weight excluding hydrogens is 284 g/mol. The predicted octanol–water partition coefficient (Wildman–Crippen LogP) is 3.34. The minimum absolute atomic E-state index is 0.0138. The van der Waals surface area contributed by atoms with Gasteiger partial charge in [0, 0.05) is 6.54 Å². The molecule has 1 heterocycles. The van der Waals surface area contributed by atoms with Crippen molar-refractivity contribution in [2.75, 3.05) is 12.4 Å². The first-order valence-electron chi connectivity index (χ1n) is 6.97. The summed E-state index contributed by atoms with van der Waals surface area (Å²) in [7, 11) is 1.98. The zero-order chi connectivity index (χ0) is 14.8. The molecule has 0 bridgehead atoms. The third kappa shape index (κ3) is 2.94. The van der Waals surface area contributed by atoms with Crippen molar-refractivity contribution in [2.24, 2.45) is 0 Å². The predicted molar refractivity (Wildman–Crippen MR) is 85.5 cm³/mol. The lowest BCUT2D eigenvalue weighted by Crippen LogP contribution is -2.45. The molecule has 0 saturated carbocycles. The van der Waals surface area contributed by atoms with Crippen molar-refractivity contribution in [2.45, 2.75) is 19.0 Å². The summed E-state index contributed by atoms with van der Waals surface area (Å²) in [4.78, 5) is 14.6. The van der Waals surface area contributed by atoms with E-state index in [1.165, 1.54) is 11.1 Å². The Balaban J connectivity index is 1.78. The summed E-state index contributed by atoms with van der Waals surface area (Å²) in [5, 5.41) is 3.49. The second-order valence-corrected chi connectivity index (χ2v) is 5.78. The number of para-hydroxylation sites is 1. The highest BCUT2D eigenvalue weighted by Crippen LogP contribution is 2.25. The summed E-state index contributed by atoms with van der Waals surface area (Å²) in [6.45, 7) is 0.788. The zero-order valence-corrected chi connectivity index (χ0v) is 12.6. The monoisotopic (exact) mass is 300 g/mol. The molecule has 108 valence electrons. The van der Waals surface area contributed by atoms with Crippen LogP contribution in [-0.4, -0.2) is 23.9 Å². The zero-order valence-electron chi connectivity index (χ0n) is 11.8. The molecule has 0 aliphatic carbocycles. The van der Waals surface area contributed by atoms with E-state index in [0.717, 1.165) is 13.0 Å². The summed E-state index contributed by atoms with van der Waals surface area (Å²) in [5.74, 6) is -0.0138. The molecule has 0 fully saturated rings. The van der Waals surface area contributed by atoms with Crippen molar-refractivity contribution < 1.29 is 4.79 Å². The lowest BCUT2D eigenvalue weighted by atomic mass is 9.94. The number of carbonyl (C=O) groups is 1. The smallest absolute Gasteiger partial charge is 0.242 e. The molecule has 1 unspecified atom stereocenters. The van der Waals surface area contributed by atoms with E-state index in [0.29, 0.717) is 10.7 Å². The minimum atomic E-state index is -0.170. The number of carbonyl (C=O) groups excluding carboxylic acids is 1. The van der Waals surface area contributed by atoms with Crippen LogP contribution in [0.25, 0.3) is 0 Å². The van der Waals surface area contributed by atoms with Crippen LogP contribution in [0.1, 0.15) is 11.1 Å². The van der Waals surface area contributed by atoms with Gasteiger partial charge in [-0.15, -0.1) is 0 Å².